The number of rotatable bonds is 2. The Labute approximate surface area is 84.0 Å². The molecule has 1 fully saturated rings. The third-order valence-electron chi connectivity index (χ3n) is 2.23. The maximum atomic E-state index is 12.8. The number of carbonyl (C=O) groups excluding carboxylic acids is 1. The number of amides is 1. The van der Waals surface area contributed by atoms with Gasteiger partial charge in [-0.1, -0.05) is 0 Å². The van der Waals surface area contributed by atoms with E-state index in [0.717, 1.165) is 6.42 Å². The summed E-state index contributed by atoms with van der Waals surface area (Å²) in [6.07, 6.45) is 0.277. The molecule has 0 aliphatic heterocycles. The molecule has 3 nitrogen and oxygen atoms in total. The molecule has 1 saturated carbocycles. The van der Waals surface area contributed by atoms with E-state index in [1.165, 1.54) is 0 Å². The van der Waals surface area contributed by atoms with Crippen molar-refractivity contribution in [2.45, 2.75) is 45.4 Å². The van der Waals surface area contributed by atoms with E-state index in [0.29, 0.717) is 13.0 Å². The first-order valence-corrected chi connectivity index (χ1v) is 4.99. The van der Waals surface area contributed by atoms with Crippen LogP contribution in [0.15, 0.2) is 0 Å². The Hall–Kier alpha value is -0.800. The minimum atomic E-state index is -0.745. The molecule has 0 heterocycles. The second kappa shape index (κ2) is 4.15. The van der Waals surface area contributed by atoms with Crippen molar-refractivity contribution in [3.05, 3.63) is 0 Å². The standard InChI is InChI=1S/C10H18FNO2/c1-10(2,3)14-9(13)12-6-7-4-5-8(7)11/h7-8H,4-6H2,1-3H3,(H,12,13)/t7-,8-/m0/s1. The van der Waals surface area contributed by atoms with E-state index in [1.807, 2.05) is 0 Å². The van der Waals surface area contributed by atoms with Gasteiger partial charge in [0, 0.05) is 12.5 Å². The average Bonchev–Trinajstić information content (AvgIpc) is 1.98. The quantitative estimate of drug-likeness (QED) is 0.747. The highest BCUT2D eigenvalue weighted by Gasteiger charge is 2.31. The van der Waals surface area contributed by atoms with Crippen LogP contribution in [0.3, 0.4) is 0 Å². The Morgan fingerprint density at radius 1 is 1.50 bits per heavy atom. The lowest BCUT2D eigenvalue weighted by molar-refractivity contribution is 0.0470. The van der Waals surface area contributed by atoms with E-state index < -0.39 is 17.9 Å². The average molecular weight is 203 g/mol. The molecule has 0 unspecified atom stereocenters. The lowest BCUT2D eigenvalue weighted by atomic mass is 9.83. The number of nitrogens with one attached hydrogen (secondary N) is 1. The third kappa shape index (κ3) is 3.52. The highest BCUT2D eigenvalue weighted by Crippen LogP contribution is 2.29. The monoisotopic (exact) mass is 203 g/mol. The fourth-order valence-electron chi connectivity index (χ4n) is 1.29. The van der Waals surface area contributed by atoms with Crippen LogP contribution in [0, 0.1) is 5.92 Å². The van der Waals surface area contributed by atoms with Gasteiger partial charge in [0.2, 0.25) is 0 Å². The van der Waals surface area contributed by atoms with Crippen molar-refractivity contribution in [2.75, 3.05) is 6.54 Å². The van der Waals surface area contributed by atoms with E-state index in [9.17, 15) is 9.18 Å². The molecule has 0 radical (unpaired) electrons. The van der Waals surface area contributed by atoms with Crippen molar-refractivity contribution in [1.82, 2.24) is 5.32 Å². The zero-order valence-corrected chi connectivity index (χ0v) is 8.97. The van der Waals surface area contributed by atoms with Gasteiger partial charge >= 0.3 is 6.09 Å². The first-order valence-electron chi connectivity index (χ1n) is 4.99. The van der Waals surface area contributed by atoms with Crippen LogP contribution in [0.4, 0.5) is 9.18 Å². The van der Waals surface area contributed by atoms with Crippen molar-refractivity contribution in [1.29, 1.82) is 0 Å². The first-order chi connectivity index (χ1) is 6.38. The van der Waals surface area contributed by atoms with Crippen molar-refractivity contribution in [2.24, 2.45) is 5.92 Å². The van der Waals surface area contributed by atoms with Crippen LogP contribution in [0.2, 0.25) is 0 Å². The van der Waals surface area contributed by atoms with Crippen molar-refractivity contribution in [3.63, 3.8) is 0 Å². The lowest BCUT2D eigenvalue weighted by Crippen LogP contribution is -2.41. The molecule has 0 aromatic carbocycles. The van der Waals surface area contributed by atoms with Gasteiger partial charge in [0.1, 0.15) is 11.8 Å². The summed E-state index contributed by atoms with van der Waals surface area (Å²) in [5.41, 5.74) is -0.487. The topological polar surface area (TPSA) is 38.3 Å². The number of alkyl halides is 1. The molecule has 1 N–H and O–H groups in total. The van der Waals surface area contributed by atoms with E-state index in [4.69, 9.17) is 4.74 Å². The summed E-state index contributed by atoms with van der Waals surface area (Å²) in [4.78, 5) is 11.2. The number of hydrogen-bond acceptors (Lipinski definition) is 2. The minimum Gasteiger partial charge on any atom is -0.444 e. The van der Waals surface area contributed by atoms with Crippen molar-refractivity contribution >= 4 is 6.09 Å². The van der Waals surface area contributed by atoms with Gasteiger partial charge in [-0.2, -0.15) is 0 Å². The molecule has 14 heavy (non-hydrogen) atoms. The first kappa shape index (κ1) is 11.3. The third-order valence-corrected chi connectivity index (χ3v) is 2.23. The zero-order chi connectivity index (χ0) is 10.8. The number of hydrogen-bond donors (Lipinski definition) is 1. The van der Waals surface area contributed by atoms with Crippen LogP contribution in [0.25, 0.3) is 0 Å². The van der Waals surface area contributed by atoms with E-state index in [2.05, 4.69) is 5.32 Å². The minimum absolute atomic E-state index is 0.0116. The van der Waals surface area contributed by atoms with Crippen LogP contribution in [-0.4, -0.2) is 24.4 Å². The molecule has 0 bridgehead atoms. The molecule has 0 aromatic heterocycles. The Morgan fingerprint density at radius 2 is 2.14 bits per heavy atom. The highest BCUT2D eigenvalue weighted by atomic mass is 19.1. The van der Waals surface area contributed by atoms with E-state index >= 15 is 0 Å². The molecule has 1 aliphatic rings. The molecule has 2 atom stereocenters. The van der Waals surface area contributed by atoms with Crippen molar-refractivity contribution < 1.29 is 13.9 Å². The Balaban J connectivity index is 2.15. The summed E-state index contributed by atoms with van der Waals surface area (Å²) in [5.74, 6) is -0.0116. The van der Waals surface area contributed by atoms with Crippen LogP contribution in [0.1, 0.15) is 33.6 Å². The summed E-state index contributed by atoms with van der Waals surface area (Å²) in [6.45, 7) is 5.78. The van der Waals surface area contributed by atoms with Gasteiger partial charge in [-0.3, -0.25) is 0 Å². The van der Waals surface area contributed by atoms with Gasteiger partial charge in [-0.25, -0.2) is 9.18 Å². The van der Waals surface area contributed by atoms with Crippen LogP contribution in [-0.2, 0) is 4.74 Å². The number of alkyl carbamates (subject to hydrolysis) is 1. The summed E-state index contributed by atoms with van der Waals surface area (Å²) in [6, 6.07) is 0. The van der Waals surface area contributed by atoms with Gasteiger partial charge in [0.25, 0.3) is 0 Å². The zero-order valence-electron chi connectivity index (χ0n) is 8.97. The van der Waals surface area contributed by atoms with Gasteiger partial charge in [0.05, 0.1) is 0 Å². The second-order valence-corrected chi connectivity index (χ2v) is 4.74. The Kier molecular flexibility index (Phi) is 3.34. The summed E-state index contributed by atoms with van der Waals surface area (Å²) in [5, 5.41) is 2.57. The Morgan fingerprint density at radius 3 is 2.50 bits per heavy atom. The molecule has 1 amide bonds. The van der Waals surface area contributed by atoms with Gasteiger partial charge in [0.15, 0.2) is 0 Å². The normalized spacial score (nSPS) is 26.6. The van der Waals surface area contributed by atoms with Gasteiger partial charge in [-0.05, 0) is 33.6 Å². The molecular formula is C10H18FNO2. The molecule has 0 saturated heterocycles. The largest absolute Gasteiger partial charge is 0.444 e. The van der Waals surface area contributed by atoms with Gasteiger partial charge < -0.3 is 10.1 Å². The van der Waals surface area contributed by atoms with E-state index in [1.54, 1.807) is 20.8 Å². The van der Waals surface area contributed by atoms with Crippen LogP contribution >= 0.6 is 0 Å². The molecule has 1 rings (SSSR count). The maximum absolute atomic E-state index is 12.8. The summed E-state index contributed by atoms with van der Waals surface area (Å²) >= 11 is 0. The molecule has 1 aliphatic carbocycles. The molecule has 0 spiro atoms. The van der Waals surface area contributed by atoms with Gasteiger partial charge in [-0.15, -0.1) is 0 Å². The highest BCUT2D eigenvalue weighted by molar-refractivity contribution is 5.67. The van der Waals surface area contributed by atoms with E-state index in [-0.39, 0.29) is 5.92 Å². The number of halogens is 1. The smallest absolute Gasteiger partial charge is 0.407 e. The SMILES string of the molecule is CC(C)(C)OC(=O)NC[C@@H]1CC[C@@H]1F. The molecule has 4 heteroatoms. The molecule has 0 aromatic rings. The number of carbonyl (C=O) groups is 1. The van der Waals surface area contributed by atoms with Crippen LogP contribution < -0.4 is 5.32 Å². The number of ether oxygens (including phenoxy) is 1. The molecule has 82 valence electrons. The fourth-order valence-corrected chi connectivity index (χ4v) is 1.29. The Bertz CT molecular complexity index is 213. The van der Waals surface area contributed by atoms with Crippen molar-refractivity contribution in [3.8, 4) is 0 Å². The lowest BCUT2D eigenvalue weighted by Gasteiger charge is -2.30. The predicted molar refractivity (Wildman–Crippen MR) is 51.9 cm³/mol. The van der Waals surface area contributed by atoms with Crippen LogP contribution in [0.5, 0.6) is 0 Å². The summed E-state index contributed by atoms with van der Waals surface area (Å²) < 4.78 is 17.8. The summed E-state index contributed by atoms with van der Waals surface area (Å²) in [7, 11) is 0. The molecular weight excluding hydrogens is 185 g/mol. The maximum Gasteiger partial charge on any atom is 0.407 e. The predicted octanol–water partition coefficient (Wildman–Crippen LogP) is 2.26. The second-order valence-electron chi connectivity index (χ2n) is 4.74. The fraction of sp³-hybridized carbons (Fsp3) is 0.900.